The number of hydrogen-bond donors (Lipinski definition) is 1. The first-order chi connectivity index (χ1) is 14.9. The van der Waals surface area contributed by atoms with Crippen molar-refractivity contribution in [3.05, 3.63) is 29.8 Å². The maximum absolute atomic E-state index is 14.0. The van der Waals surface area contributed by atoms with E-state index in [0.717, 1.165) is 12.1 Å². The Hall–Kier alpha value is -1.80. The summed E-state index contributed by atoms with van der Waals surface area (Å²) in [5.41, 5.74) is -6.09. The van der Waals surface area contributed by atoms with Crippen molar-refractivity contribution in [1.82, 2.24) is 0 Å². The molecule has 2 unspecified atom stereocenters. The van der Waals surface area contributed by atoms with Gasteiger partial charge in [0.05, 0.1) is 0 Å². The van der Waals surface area contributed by atoms with Crippen molar-refractivity contribution >= 4 is 30.2 Å². The zero-order chi connectivity index (χ0) is 27.2. The highest BCUT2D eigenvalue weighted by atomic mass is 32.3. The third-order valence-corrected chi connectivity index (χ3v) is 8.53. The van der Waals surface area contributed by atoms with E-state index >= 15 is 0 Å². The minimum atomic E-state index is -7.90. The molecule has 0 fully saturated rings. The molecule has 8 nitrogen and oxygen atoms in total. The van der Waals surface area contributed by atoms with Crippen LogP contribution in [0.4, 0.5) is 39.5 Å². The summed E-state index contributed by atoms with van der Waals surface area (Å²) in [5, 5.41) is -14.5. The van der Waals surface area contributed by atoms with E-state index in [4.69, 9.17) is 4.55 Å². The number of alkyl halides is 9. The summed E-state index contributed by atoms with van der Waals surface area (Å²) < 4.78 is 189. The van der Waals surface area contributed by atoms with E-state index in [0.29, 0.717) is 27.9 Å². The highest BCUT2D eigenvalue weighted by Crippen LogP contribution is 2.52. The fraction of sp³-hybridized carbons (Fsp3) is 0.571. The van der Waals surface area contributed by atoms with Gasteiger partial charge in [-0.05, 0) is 30.0 Å². The summed E-state index contributed by atoms with van der Waals surface area (Å²) in [6, 6.07) is 3.59. The van der Waals surface area contributed by atoms with Crippen LogP contribution < -0.4 is 4.18 Å². The van der Waals surface area contributed by atoms with Gasteiger partial charge in [0, 0.05) is 0 Å². The second kappa shape index (κ2) is 9.01. The molecule has 0 spiro atoms. The van der Waals surface area contributed by atoms with Crippen LogP contribution in [0, 0.1) is 0 Å². The summed E-state index contributed by atoms with van der Waals surface area (Å²) in [6.07, 6.45) is 0.561. The molecule has 0 saturated carbocycles. The summed E-state index contributed by atoms with van der Waals surface area (Å²) in [6.45, 7) is 3.44. The standard InChI is InChI=1S/C14H14F9NO7S3/c1-3-8(2)9-4-6-10(7-5-9)31-34(29,30)13(19,20)11(15,16)12(17,18)32(25,26)24-33(27,28)14(21,22)23/h4-8H,3H2,1-2H3,(H,24,27,28). The maximum atomic E-state index is 14.0. The van der Waals surface area contributed by atoms with E-state index in [9.17, 15) is 60.6 Å². The summed E-state index contributed by atoms with van der Waals surface area (Å²) in [5.74, 6) is -8.77. The molecule has 0 radical (unpaired) electrons. The number of sulfonamides is 1. The van der Waals surface area contributed by atoms with Crippen molar-refractivity contribution in [2.45, 2.75) is 48.1 Å². The van der Waals surface area contributed by atoms with Gasteiger partial charge >= 0.3 is 42.1 Å². The largest absolute Gasteiger partial charge is 0.504 e. The monoisotopic (exact) mass is 575 g/mol. The molecule has 0 aliphatic rings. The predicted molar refractivity (Wildman–Crippen MR) is 97.7 cm³/mol. The molecule has 34 heavy (non-hydrogen) atoms. The smallest absolute Gasteiger partial charge is 0.378 e. The summed E-state index contributed by atoms with van der Waals surface area (Å²) in [7, 11) is -22.2. The highest BCUT2D eigenvalue weighted by molar-refractivity contribution is 8.01. The zero-order valence-corrected chi connectivity index (χ0v) is 19.0. The third-order valence-electron chi connectivity index (χ3n) is 4.14. The van der Waals surface area contributed by atoms with Crippen LogP contribution in [0.25, 0.3) is 0 Å². The van der Waals surface area contributed by atoms with Crippen molar-refractivity contribution in [2.24, 2.45) is 3.77 Å². The normalized spacial score (nSPS) is 17.1. The molecule has 0 aliphatic heterocycles. The minimum Gasteiger partial charge on any atom is -0.378 e. The van der Waals surface area contributed by atoms with Gasteiger partial charge in [-0.1, -0.05) is 29.7 Å². The van der Waals surface area contributed by atoms with Crippen molar-refractivity contribution in [3.8, 4) is 5.75 Å². The highest BCUT2D eigenvalue weighted by Gasteiger charge is 2.83. The van der Waals surface area contributed by atoms with Crippen LogP contribution in [-0.4, -0.2) is 47.5 Å². The topological polar surface area (TPSA) is 127 Å². The average Bonchev–Trinajstić information content (AvgIpc) is 2.65. The summed E-state index contributed by atoms with van der Waals surface area (Å²) in [4.78, 5) is 0. The van der Waals surface area contributed by atoms with Crippen molar-refractivity contribution < 1.29 is 69.3 Å². The van der Waals surface area contributed by atoms with E-state index in [-0.39, 0.29) is 5.92 Å². The Balaban J connectivity index is 3.51. The zero-order valence-electron chi connectivity index (χ0n) is 16.6. The molecular weight excluding hydrogens is 561 g/mol. The van der Waals surface area contributed by atoms with Crippen LogP contribution in [0.1, 0.15) is 31.7 Å². The molecule has 0 bridgehead atoms. The van der Waals surface area contributed by atoms with Gasteiger partial charge < -0.3 is 4.18 Å². The van der Waals surface area contributed by atoms with Gasteiger partial charge in [0.25, 0.3) is 10.0 Å². The lowest BCUT2D eigenvalue weighted by Gasteiger charge is -2.30. The van der Waals surface area contributed by atoms with Crippen LogP contribution in [-0.2, 0) is 30.2 Å². The van der Waals surface area contributed by atoms with Gasteiger partial charge in [-0.25, -0.2) is 4.21 Å². The molecule has 2 atom stereocenters. The number of hydrogen-bond acceptors (Lipinski definition) is 6. The van der Waals surface area contributed by atoms with Crippen LogP contribution in [0.5, 0.6) is 5.75 Å². The Bertz CT molecular complexity index is 1230. The molecule has 1 N–H and O–H groups in total. The van der Waals surface area contributed by atoms with E-state index < -0.39 is 57.8 Å². The minimum absolute atomic E-state index is 0.137. The van der Waals surface area contributed by atoms with Gasteiger partial charge in [-0.2, -0.15) is 56.3 Å². The molecular formula is C14H14F9NO7S3. The lowest BCUT2D eigenvalue weighted by molar-refractivity contribution is -0.245. The Morgan fingerprint density at radius 2 is 1.32 bits per heavy atom. The molecule has 1 aromatic carbocycles. The third kappa shape index (κ3) is 5.23. The Morgan fingerprint density at radius 1 is 0.882 bits per heavy atom. The molecule has 0 heterocycles. The van der Waals surface area contributed by atoms with Crippen LogP contribution in [0.15, 0.2) is 28.0 Å². The fourth-order valence-electron chi connectivity index (χ4n) is 1.98. The lowest BCUT2D eigenvalue weighted by atomic mass is 9.99. The second-order valence-electron chi connectivity index (χ2n) is 6.52. The maximum Gasteiger partial charge on any atom is 0.504 e. The van der Waals surface area contributed by atoms with Gasteiger partial charge in [-0.3, -0.25) is 4.55 Å². The van der Waals surface area contributed by atoms with Gasteiger partial charge in [0.15, 0.2) is 0 Å². The Morgan fingerprint density at radius 3 is 1.71 bits per heavy atom. The second-order valence-corrected chi connectivity index (χ2v) is 11.6. The van der Waals surface area contributed by atoms with E-state index in [2.05, 4.69) is 4.18 Å². The van der Waals surface area contributed by atoms with Crippen molar-refractivity contribution in [1.29, 1.82) is 0 Å². The molecule has 0 aromatic heterocycles. The van der Waals surface area contributed by atoms with Gasteiger partial charge in [0.2, 0.25) is 0 Å². The fourth-order valence-corrected chi connectivity index (χ4v) is 5.18. The van der Waals surface area contributed by atoms with Crippen molar-refractivity contribution in [3.63, 3.8) is 0 Å². The molecule has 0 saturated heterocycles. The average molecular weight is 575 g/mol. The molecule has 1 rings (SSSR count). The summed E-state index contributed by atoms with van der Waals surface area (Å²) >= 11 is 0. The predicted octanol–water partition coefficient (Wildman–Crippen LogP) is 4.52. The van der Waals surface area contributed by atoms with E-state index in [1.54, 1.807) is 13.8 Å². The van der Waals surface area contributed by atoms with E-state index in [1.807, 2.05) is 0 Å². The number of benzene rings is 1. The molecule has 0 amide bonds. The first-order valence-electron chi connectivity index (χ1n) is 8.37. The van der Waals surface area contributed by atoms with Crippen LogP contribution >= 0.6 is 0 Å². The first-order valence-corrected chi connectivity index (χ1v) is 12.7. The molecule has 198 valence electrons. The number of nitrogens with zero attached hydrogens (tertiary/aromatic N) is 1. The SMILES string of the molecule is CCC(C)c1ccc(OS(=O)(=O)C(F)(F)C(F)(F)C(F)(F)S(=O)(=O)N=S(=O)(O)C(F)(F)F)cc1. The van der Waals surface area contributed by atoms with Crippen molar-refractivity contribution in [2.75, 3.05) is 0 Å². The van der Waals surface area contributed by atoms with Crippen LogP contribution in [0.3, 0.4) is 0 Å². The lowest BCUT2D eigenvalue weighted by Crippen LogP contribution is -2.61. The molecule has 1 aromatic rings. The van der Waals surface area contributed by atoms with E-state index in [1.165, 1.54) is 0 Å². The van der Waals surface area contributed by atoms with Gasteiger partial charge in [-0.15, -0.1) is 0 Å². The Kier molecular flexibility index (Phi) is 8.01. The Labute approximate surface area is 187 Å². The van der Waals surface area contributed by atoms with Gasteiger partial charge in [0.1, 0.15) is 5.75 Å². The quantitative estimate of drug-likeness (QED) is 0.339. The first kappa shape index (κ1) is 30.2. The number of rotatable bonds is 9. The molecule has 0 aliphatic carbocycles. The van der Waals surface area contributed by atoms with Crippen LogP contribution in [0.2, 0.25) is 0 Å². The molecule has 20 heteroatoms. The number of halogens is 9.